The summed E-state index contributed by atoms with van der Waals surface area (Å²) in [6.07, 6.45) is 2.86. The summed E-state index contributed by atoms with van der Waals surface area (Å²) < 4.78 is 27.3. The predicted octanol–water partition coefficient (Wildman–Crippen LogP) is 2.60. The molecule has 2 aromatic heterocycles. The molecule has 0 unspecified atom stereocenters. The summed E-state index contributed by atoms with van der Waals surface area (Å²) in [7, 11) is -3.80. The van der Waals surface area contributed by atoms with E-state index in [2.05, 4.69) is 14.7 Å². The molecule has 3 rings (SSSR count). The summed E-state index contributed by atoms with van der Waals surface area (Å²) in [5.41, 5.74) is 6.86. The third-order valence-corrected chi connectivity index (χ3v) is 4.63. The van der Waals surface area contributed by atoms with Crippen LogP contribution < -0.4 is 10.5 Å². The van der Waals surface area contributed by atoms with Crippen molar-refractivity contribution in [1.29, 1.82) is 0 Å². The van der Waals surface area contributed by atoms with Crippen molar-refractivity contribution in [2.45, 2.75) is 4.90 Å². The molecule has 0 aliphatic heterocycles. The van der Waals surface area contributed by atoms with E-state index in [1.807, 2.05) is 0 Å². The molecule has 21 heavy (non-hydrogen) atoms. The third-order valence-electron chi connectivity index (χ3n) is 2.95. The van der Waals surface area contributed by atoms with Crippen LogP contribution in [0.3, 0.4) is 0 Å². The Bertz CT molecular complexity index is 921. The number of fused-ring (bicyclic) bond motifs is 1. The molecule has 0 saturated heterocycles. The number of benzene rings is 1. The molecule has 0 spiro atoms. The van der Waals surface area contributed by atoms with E-state index in [4.69, 9.17) is 17.3 Å². The average Bonchev–Trinajstić information content (AvgIpc) is 2.85. The second-order valence-corrected chi connectivity index (χ2v) is 6.46. The van der Waals surface area contributed by atoms with Gasteiger partial charge in [0, 0.05) is 29.0 Å². The standard InChI is InChI=1S/C13H11ClN4O2S/c14-10-2-1-5-16-13(10)18-21(19,20)12-7-17-11-6-8(15)3-4-9(11)12/h1-7,17H,15H2,(H,16,18). The molecule has 8 heteroatoms. The summed E-state index contributed by atoms with van der Waals surface area (Å²) >= 11 is 5.92. The first-order chi connectivity index (χ1) is 9.97. The number of pyridine rings is 1. The van der Waals surface area contributed by atoms with Gasteiger partial charge in [-0.25, -0.2) is 13.4 Å². The molecule has 108 valence electrons. The lowest BCUT2D eigenvalue weighted by Crippen LogP contribution is -2.13. The number of H-pyrrole nitrogens is 1. The monoisotopic (exact) mass is 322 g/mol. The smallest absolute Gasteiger partial charge is 0.265 e. The molecular weight excluding hydrogens is 312 g/mol. The minimum absolute atomic E-state index is 0.0870. The summed E-state index contributed by atoms with van der Waals surface area (Å²) in [4.78, 5) is 6.91. The number of nitrogen functional groups attached to an aromatic ring is 1. The lowest BCUT2D eigenvalue weighted by atomic mass is 10.2. The number of hydrogen-bond acceptors (Lipinski definition) is 4. The molecule has 0 saturated carbocycles. The van der Waals surface area contributed by atoms with Crippen molar-refractivity contribution in [2.24, 2.45) is 0 Å². The minimum atomic E-state index is -3.80. The van der Waals surface area contributed by atoms with Crippen LogP contribution in [0, 0.1) is 0 Å². The van der Waals surface area contributed by atoms with Gasteiger partial charge < -0.3 is 10.7 Å². The summed E-state index contributed by atoms with van der Waals surface area (Å²) in [5.74, 6) is 0.0870. The predicted molar refractivity (Wildman–Crippen MR) is 82.8 cm³/mol. The number of nitrogens with one attached hydrogen (secondary N) is 2. The van der Waals surface area contributed by atoms with Crippen LogP contribution in [0.1, 0.15) is 0 Å². The van der Waals surface area contributed by atoms with Gasteiger partial charge in [0.1, 0.15) is 4.90 Å². The number of aromatic nitrogens is 2. The van der Waals surface area contributed by atoms with Crippen molar-refractivity contribution in [2.75, 3.05) is 10.5 Å². The second-order valence-electron chi connectivity index (χ2n) is 4.40. The van der Waals surface area contributed by atoms with E-state index in [0.717, 1.165) is 0 Å². The van der Waals surface area contributed by atoms with Crippen LogP contribution in [0.4, 0.5) is 11.5 Å². The normalized spacial score (nSPS) is 11.7. The van der Waals surface area contributed by atoms with Crippen LogP contribution >= 0.6 is 11.6 Å². The van der Waals surface area contributed by atoms with Gasteiger partial charge in [-0.2, -0.15) is 0 Å². The Morgan fingerprint density at radius 1 is 1.29 bits per heavy atom. The van der Waals surface area contributed by atoms with Crippen LogP contribution in [-0.4, -0.2) is 18.4 Å². The van der Waals surface area contributed by atoms with Crippen molar-refractivity contribution in [3.63, 3.8) is 0 Å². The molecule has 6 nitrogen and oxygen atoms in total. The number of hydrogen-bond donors (Lipinski definition) is 3. The Hall–Kier alpha value is -2.25. The van der Waals surface area contributed by atoms with E-state index in [9.17, 15) is 8.42 Å². The van der Waals surface area contributed by atoms with E-state index in [1.165, 1.54) is 12.4 Å². The lowest BCUT2D eigenvalue weighted by Gasteiger charge is -2.07. The van der Waals surface area contributed by atoms with Gasteiger partial charge in [-0.1, -0.05) is 11.6 Å². The van der Waals surface area contributed by atoms with Crippen LogP contribution in [0.2, 0.25) is 5.02 Å². The number of aromatic amines is 1. The molecule has 3 aromatic rings. The van der Waals surface area contributed by atoms with E-state index in [1.54, 1.807) is 30.3 Å². The molecule has 0 atom stereocenters. The molecule has 0 radical (unpaired) electrons. The van der Waals surface area contributed by atoms with Gasteiger partial charge >= 0.3 is 0 Å². The fourth-order valence-corrected chi connectivity index (χ4v) is 3.42. The molecule has 0 aliphatic carbocycles. The highest BCUT2D eigenvalue weighted by Crippen LogP contribution is 2.27. The zero-order valence-corrected chi connectivity index (χ0v) is 12.2. The Morgan fingerprint density at radius 2 is 2.10 bits per heavy atom. The van der Waals surface area contributed by atoms with Gasteiger partial charge in [0.05, 0.1) is 5.02 Å². The van der Waals surface area contributed by atoms with Gasteiger partial charge in [0.15, 0.2) is 5.82 Å². The molecule has 0 fully saturated rings. The summed E-state index contributed by atoms with van der Waals surface area (Å²) in [6.45, 7) is 0. The molecule has 0 bridgehead atoms. The maximum Gasteiger partial charge on any atom is 0.265 e. The number of rotatable bonds is 3. The fraction of sp³-hybridized carbons (Fsp3) is 0. The first-order valence-electron chi connectivity index (χ1n) is 5.97. The number of nitrogens with zero attached hydrogens (tertiary/aromatic N) is 1. The zero-order chi connectivity index (χ0) is 15.0. The van der Waals surface area contributed by atoms with Gasteiger partial charge in [0.25, 0.3) is 10.0 Å². The molecule has 2 heterocycles. The van der Waals surface area contributed by atoms with E-state index in [-0.39, 0.29) is 15.7 Å². The van der Waals surface area contributed by atoms with Crippen molar-refractivity contribution in [3.05, 3.63) is 47.7 Å². The second kappa shape index (κ2) is 4.94. The van der Waals surface area contributed by atoms with Crippen LogP contribution in [-0.2, 0) is 10.0 Å². The lowest BCUT2D eigenvalue weighted by molar-refractivity contribution is 0.602. The van der Waals surface area contributed by atoms with E-state index >= 15 is 0 Å². The van der Waals surface area contributed by atoms with Crippen molar-refractivity contribution >= 4 is 44.0 Å². The summed E-state index contributed by atoms with van der Waals surface area (Å²) in [5, 5.41) is 0.772. The van der Waals surface area contributed by atoms with Gasteiger partial charge in [-0.15, -0.1) is 0 Å². The van der Waals surface area contributed by atoms with Crippen molar-refractivity contribution < 1.29 is 8.42 Å². The number of halogens is 1. The highest BCUT2D eigenvalue weighted by atomic mass is 35.5. The zero-order valence-electron chi connectivity index (χ0n) is 10.7. The highest BCUT2D eigenvalue weighted by molar-refractivity contribution is 7.93. The molecular formula is C13H11ClN4O2S. The number of sulfonamides is 1. The average molecular weight is 323 g/mol. The van der Waals surface area contributed by atoms with Crippen molar-refractivity contribution in [3.8, 4) is 0 Å². The first-order valence-corrected chi connectivity index (χ1v) is 7.83. The topological polar surface area (TPSA) is 101 Å². The quantitative estimate of drug-likeness (QED) is 0.645. The third kappa shape index (κ3) is 2.53. The summed E-state index contributed by atoms with van der Waals surface area (Å²) in [6, 6.07) is 8.14. The largest absolute Gasteiger partial charge is 0.399 e. The minimum Gasteiger partial charge on any atom is -0.399 e. The highest BCUT2D eigenvalue weighted by Gasteiger charge is 2.20. The van der Waals surface area contributed by atoms with Crippen molar-refractivity contribution in [1.82, 2.24) is 9.97 Å². The van der Waals surface area contributed by atoms with Crippen LogP contribution in [0.25, 0.3) is 10.9 Å². The van der Waals surface area contributed by atoms with Gasteiger partial charge in [-0.05, 0) is 30.3 Å². The molecule has 1 aromatic carbocycles. The molecule has 0 aliphatic rings. The van der Waals surface area contributed by atoms with Gasteiger partial charge in [0.2, 0.25) is 0 Å². The van der Waals surface area contributed by atoms with Crippen LogP contribution in [0.5, 0.6) is 0 Å². The van der Waals surface area contributed by atoms with E-state index in [0.29, 0.717) is 16.6 Å². The van der Waals surface area contributed by atoms with Crippen LogP contribution in [0.15, 0.2) is 47.6 Å². The Kier molecular flexibility index (Phi) is 3.23. The fourth-order valence-electron chi connectivity index (χ4n) is 1.98. The van der Waals surface area contributed by atoms with Gasteiger partial charge in [-0.3, -0.25) is 4.72 Å². The maximum absolute atomic E-state index is 12.5. The van der Waals surface area contributed by atoms with E-state index < -0.39 is 10.0 Å². The Morgan fingerprint density at radius 3 is 2.86 bits per heavy atom. The maximum atomic E-state index is 12.5. The molecule has 0 amide bonds. The number of anilines is 2. The molecule has 4 N–H and O–H groups in total. The first kappa shape index (κ1) is 13.7. The Balaban J connectivity index is 2.07. The number of nitrogens with two attached hydrogens (primary N) is 1. The Labute approximate surface area is 126 Å². The SMILES string of the molecule is Nc1ccc2c(S(=O)(=O)Nc3ncccc3Cl)c[nH]c2c1.